The van der Waals surface area contributed by atoms with Gasteiger partial charge in [0.2, 0.25) is 5.91 Å². The van der Waals surface area contributed by atoms with Crippen molar-refractivity contribution in [1.29, 1.82) is 0 Å². The van der Waals surface area contributed by atoms with Gasteiger partial charge in [-0.05, 0) is 11.3 Å². The summed E-state index contributed by atoms with van der Waals surface area (Å²) < 4.78 is 0. The molecule has 1 aromatic rings. The van der Waals surface area contributed by atoms with Crippen molar-refractivity contribution in [3.63, 3.8) is 0 Å². The Hall–Kier alpha value is -1.00. The van der Waals surface area contributed by atoms with Gasteiger partial charge >= 0.3 is 0 Å². The summed E-state index contributed by atoms with van der Waals surface area (Å²) in [7, 11) is 0. The number of rotatable bonds is 5. The molecule has 0 radical (unpaired) electrons. The fourth-order valence-corrected chi connectivity index (χ4v) is 2.13. The molecule has 0 aliphatic rings. The molecule has 0 fully saturated rings. The summed E-state index contributed by atoms with van der Waals surface area (Å²) in [6.07, 6.45) is 0. The number of hydrogen-bond acceptors (Lipinski definition) is 3. The van der Waals surface area contributed by atoms with Gasteiger partial charge in [0.05, 0.1) is 0 Å². The number of benzene rings is 1. The highest BCUT2D eigenvalue weighted by atomic mass is 32.2. The predicted molar refractivity (Wildman–Crippen MR) is 64.5 cm³/mol. The Morgan fingerprint density at radius 1 is 1.40 bits per heavy atom. The highest BCUT2D eigenvalue weighted by Crippen LogP contribution is 2.22. The monoisotopic (exact) mass is 224 g/mol. The number of thioether (sulfide) groups is 1. The Kier molecular flexibility index (Phi) is 4.17. The summed E-state index contributed by atoms with van der Waals surface area (Å²) >= 11 is 1.61. The van der Waals surface area contributed by atoms with Gasteiger partial charge in [-0.1, -0.05) is 37.3 Å². The Morgan fingerprint density at radius 2 is 2.00 bits per heavy atom. The van der Waals surface area contributed by atoms with E-state index in [9.17, 15) is 4.79 Å². The lowest BCUT2D eigenvalue weighted by atomic mass is 9.92. The van der Waals surface area contributed by atoms with Crippen LogP contribution in [0, 0.1) is 0 Å². The van der Waals surface area contributed by atoms with Crippen molar-refractivity contribution in [3.8, 4) is 0 Å². The lowest BCUT2D eigenvalue weighted by Gasteiger charge is -2.25. The van der Waals surface area contributed by atoms with E-state index >= 15 is 0 Å². The molecule has 1 rings (SSSR count). The normalized spacial score (nSPS) is 14.5. The minimum absolute atomic E-state index is 0.477. The van der Waals surface area contributed by atoms with Gasteiger partial charge in [-0.2, -0.15) is 11.8 Å². The molecule has 4 heteroatoms. The molecule has 0 bridgehead atoms. The SMILES string of the molecule is CCSCC(N)(C(N)=O)c1ccccc1. The standard InChI is InChI=1S/C11H16N2OS/c1-2-15-8-11(13,10(12)14)9-6-4-3-5-7-9/h3-7H,2,8,13H2,1H3,(H2,12,14). The Labute approximate surface area is 94.2 Å². The van der Waals surface area contributed by atoms with Crippen LogP contribution in [0.5, 0.6) is 0 Å². The summed E-state index contributed by atoms with van der Waals surface area (Å²) in [5.74, 6) is 0.955. The van der Waals surface area contributed by atoms with Crippen molar-refractivity contribution in [2.24, 2.45) is 11.5 Å². The van der Waals surface area contributed by atoms with Crippen molar-refractivity contribution in [3.05, 3.63) is 35.9 Å². The smallest absolute Gasteiger partial charge is 0.242 e. The molecule has 1 atom stereocenters. The highest BCUT2D eigenvalue weighted by Gasteiger charge is 2.33. The zero-order valence-electron chi connectivity index (χ0n) is 8.77. The number of nitrogens with two attached hydrogens (primary N) is 2. The van der Waals surface area contributed by atoms with Gasteiger partial charge in [0.25, 0.3) is 0 Å². The van der Waals surface area contributed by atoms with Crippen LogP contribution in [0.1, 0.15) is 12.5 Å². The van der Waals surface area contributed by atoms with Crippen molar-refractivity contribution < 1.29 is 4.79 Å². The van der Waals surface area contributed by atoms with Crippen LogP contribution in [-0.4, -0.2) is 17.4 Å². The molecular weight excluding hydrogens is 208 g/mol. The molecule has 1 unspecified atom stereocenters. The summed E-state index contributed by atoms with van der Waals surface area (Å²) in [5, 5.41) is 0. The summed E-state index contributed by atoms with van der Waals surface area (Å²) in [6.45, 7) is 2.02. The van der Waals surface area contributed by atoms with E-state index in [2.05, 4.69) is 0 Å². The molecule has 0 saturated heterocycles. The molecule has 1 aromatic carbocycles. The quantitative estimate of drug-likeness (QED) is 0.786. The first-order chi connectivity index (χ1) is 7.11. The minimum atomic E-state index is -1.05. The molecule has 0 aromatic heterocycles. The number of primary amides is 1. The predicted octanol–water partition coefficient (Wildman–Crippen LogP) is 1.08. The topological polar surface area (TPSA) is 69.1 Å². The van der Waals surface area contributed by atoms with Crippen LogP contribution in [0.25, 0.3) is 0 Å². The third-order valence-electron chi connectivity index (χ3n) is 2.26. The average Bonchev–Trinajstić information content (AvgIpc) is 2.27. The van der Waals surface area contributed by atoms with Gasteiger partial charge in [0, 0.05) is 5.75 Å². The Morgan fingerprint density at radius 3 is 2.47 bits per heavy atom. The van der Waals surface area contributed by atoms with E-state index < -0.39 is 11.4 Å². The molecule has 82 valence electrons. The summed E-state index contributed by atoms with van der Waals surface area (Å²) in [6, 6.07) is 9.27. The first-order valence-corrected chi connectivity index (χ1v) is 5.98. The lowest BCUT2D eigenvalue weighted by Crippen LogP contribution is -2.51. The highest BCUT2D eigenvalue weighted by molar-refractivity contribution is 7.99. The first-order valence-electron chi connectivity index (χ1n) is 4.83. The van der Waals surface area contributed by atoms with E-state index in [1.807, 2.05) is 37.3 Å². The third-order valence-corrected chi connectivity index (χ3v) is 3.33. The maximum absolute atomic E-state index is 11.4. The Bertz CT molecular complexity index is 329. The second-order valence-corrected chi connectivity index (χ2v) is 4.61. The Balaban J connectivity index is 2.96. The van der Waals surface area contributed by atoms with Gasteiger partial charge < -0.3 is 11.5 Å². The van der Waals surface area contributed by atoms with Crippen molar-refractivity contribution >= 4 is 17.7 Å². The van der Waals surface area contributed by atoms with Crippen molar-refractivity contribution in [2.75, 3.05) is 11.5 Å². The van der Waals surface area contributed by atoms with Crippen LogP contribution < -0.4 is 11.5 Å². The van der Waals surface area contributed by atoms with Gasteiger partial charge in [-0.3, -0.25) is 4.79 Å². The molecule has 3 nitrogen and oxygen atoms in total. The van der Waals surface area contributed by atoms with E-state index in [0.29, 0.717) is 5.75 Å². The number of carbonyl (C=O) groups excluding carboxylic acids is 1. The maximum Gasteiger partial charge on any atom is 0.242 e. The zero-order chi connectivity index (χ0) is 11.3. The summed E-state index contributed by atoms with van der Waals surface area (Å²) in [4.78, 5) is 11.4. The van der Waals surface area contributed by atoms with Gasteiger partial charge in [0.15, 0.2) is 0 Å². The van der Waals surface area contributed by atoms with Crippen LogP contribution in [0.15, 0.2) is 30.3 Å². The zero-order valence-corrected chi connectivity index (χ0v) is 9.59. The van der Waals surface area contributed by atoms with E-state index in [4.69, 9.17) is 11.5 Å². The maximum atomic E-state index is 11.4. The number of hydrogen-bond donors (Lipinski definition) is 2. The van der Waals surface area contributed by atoms with Crippen LogP contribution >= 0.6 is 11.8 Å². The molecule has 1 amide bonds. The second-order valence-electron chi connectivity index (χ2n) is 3.34. The van der Waals surface area contributed by atoms with Crippen LogP contribution in [0.2, 0.25) is 0 Å². The van der Waals surface area contributed by atoms with Gasteiger partial charge in [0.1, 0.15) is 5.54 Å². The van der Waals surface area contributed by atoms with Crippen LogP contribution in [0.4, 0.5) is 0 Å². The largest absolute Gasteiger partial charge is 0.368 e. The molecule has 0 aliphatic carbocycles. The van der Waals surface area contributed by atoms with Crippen LogP contribution in [-0.2, 0) is 10.3 Å². The van der Waals surface area contributed by atoms with Gasteiger partial charge in [-0.25, -0.2) is 0 Å². The second kappa shape index (κ2) is 5.19. The minimum Gasteiger partial charge on any atom is -0.368 e. The van der Waals surface area contributed by atoms with E-state index in [0.717, 1.165) is 11.3 Å². The molecular formula is C11H16N2OS. The van der Waals surface area contributed by atoms with Crippen molar-refractivity contribution in [2.45, 2.75) is 12.5 Å². The molecule has 0 spiro atoms. The van der Waals surface area contributed by atoms with Gasteiger partial charge in [-0.15, -0.1) is 0 Å². The van der Waals surface area contributed by atoms with E-state index in [-0.39, 0.29) is 0 Å². The fraction of sp³-hybridized carbons (Fsp3) is 0.364. The molecule has 0 aliphatic heterocycles. The third kappa shape index (κ3) is 2.73. The van der Waals surface area contributed by atoms with Crippen LogP contribution in [0.3, 0.4) is 0 Å². The lowest BCUT2D eigenvalue weighted by molar-refractivity contribution is -0.122. The molecule has 0 saturated carbocycles. The van der Waals surface area contributed by atoms with E-state index in [1.165, 1.54) is 0 Å². The number of amides is 1. The van der Waals surface area contributed by atoms with E-state index in [1.54, 1.807) is 11.8 Å². The molecule has 15 heavy (non-hydrogen) atoms. The summed E-state index contributed by atoms with van der Waals surface area (Å²) in [5.41, 5.74) is 11.1. The molecule has 0 heterocycles. The molecule has 4 N–H and O–H groups in total. The van der Waals surface area contributed by atoms with Crippen molar-refractivity contribution in [1.82, 2.24) is 0 Å². The average molecular weight is 224 g/mol. The fourth-order valence-electron chi connectivity index (χ4n) is 1.30. The first kappa shape index (κ1) is 12.1. The number of carbonyl (C=O) groups is 1.